The maximum absolute atomic E-state index is 10.3. The molecule has 0 aliphatic heterocycles. The lowest BCUT2D eigenvalue weighted by atomic mass is 9.79. The van der Waals surface area contributed by atoms with Crippen molar-refractivity contribution in [3.8, 4) is 0 Å². The lowest BCUT2D eigenvalue weighted by Crippen LogP contribution is -2.46. The van der Waals surface area contributed by atoms with Crippen molar-refractivity contribution in [1.82, 2.24) is 5.32 Å². The van der Waals surface area contributed by atoms with Gasteiger partial charge in [-0.15, -0.1) is 0 Å². The molecule has 0 aromatic heterocycles. The van der Waals surface area contributed by atoms with Crippen molar-refractivity contribution in [3.05, 3.63) is 0 Å². The second-order valence-corrected chi connectivity index (χ2v) is 5.17. The molecule has 1 aliphatic carbocycles. The third-order valence-corrected chi connectivity index (χ3v) is 3.26. The van der Waals surface area contributed by atoms with E-state index in [9.17, 15) is 10.2 Å². The van der Waals surface area contributed by atoms with Gasteiger partial charge in [0, 0.05) is 20.2 Å². The van der Waals surface area contributed by atoms with Gasteiger partial charge in [-0.2, -0.15) is 0 Å². The van der Waals surface area contributed by atoms with Crippen LogP contribution in [0.2, 0.25) is 0 Å². The molecule has 3 unspecified atom stereocenters. The Labute approximate surface area is 98.0 Å². The summed E-state index contributed by atoms with van der Waals surface area (Å²) in [5, 5.41) is 22.9. The molecule has 4 nitrogen and oxygen atoms in total. The van der Waals surface area contributed by atoms with Crippen LogP contribution in [0.25, 0.3) is 0 Å². The Bertz CT molecular complexity index is 201. The SMILES string of the molecule is COCC(O)CNCC1(O)CCCC(C)C1. The zero-order valence-corrected chi connectivity index (χ0v) is 10.4. The zero-order valence-electron chi connectivity index (χ0n) is 10.4. The molecule has 1 rings (SSSR count). The van der Waals surface area contributed by atoms with E-state index in [-0.39, 0.29) is 0 Å². The van der Waals surface area contributed by atoms with Crippen LogP contribution in [0.1, 0.15) is 32.6 Å². The maximum atomic E-state index is 10.3. The molecule has 0 bridgehead atoms. The lowest BCUT2D eigenvalue weighted by molar-refractivity contribution is -0.0154. The molecule has 3 N–H and O–H groups in total. The van der Waals surface area contributed by atoms with Crippen molar-refractivity contribution in [2.45, 2.75) is 44.3 Å². The molecule has 1 fully saturated rings. The Morgan fingerprint density at radius 1 is 1.56 bits per heavy atom. The van der Waals surface area contributed by atoms with E-state index in [1.54, 1.807) is 7.11 Å². The molecule has 0 heterocycles. The molecular formula is C12H25NO3. The molecule has 3 atom stereocenters. The Morgan fingerprint density at radius 3 is 2.94 bits per heavy atom. The van der Waals surface area contributed by atoms with Crippen LogP contribution in [0, 0.1) is 5.92 Å². The summed E-state index contributed by atoms with van der Waals surface area (Å²) in [5.41, 5.74) is -0.579. The molecule has 0 amide bonds. The van der Waals surface area contributed by atoms with E-state index < -0.39 is 11.7 Å². The molecule has 1 aliphatic rings. The largest absolute Gasteiger partial charge is 0.389 e. The fourth-order valence-corrected chi connectivity index (χ4v) is 2.52. The molecule has 1 saturated carbocycles. The first kappa shape index (κ1) is 13.9. The van der Waals surface area contributed by atoms with Gasteiger partial charge in [0.2, 0.25) is 0 Å². The van der Waals surface area contributed by atoms with E-state index in [0.29, 0.717) is 25.6 Å². The van der Waals surface area contributed by atoms with Gasteiger partial charge in [0.05, 0.1) is 18.3 Å². The smallest absolute Gasteiger partial charge is 0.0897 e. The van der Waals surface area contributed by atoms with Crippen LogP contribution in [0.5, 0.6) is 0 Å². The molecule has 0 aromatic rings. The second-order valence-electron chi connectivity index (χ2n) is 5.17. The van der Waals surface area contributed by atoms with E-state index >= 15 is 0 Å². The topological polar surface area (TPSA) is 61.7 Å². The third kappa shape index (κ3) is 4.78. The monoisotopic (exact) mass is 231 g/mol. The Hall–Kier alpha value is -0.160. The van der Waals surface area contributed by atoms with Crippen molar-refractivity contribution in [1.29, 1.82) is 0 Å². The van der Waals surface area contributed by atoms with E-state index in [4.69, 9.17) is 4.74 Å². The number of aliphatic hydroxyl groups excluding tert-OH is 1. The standard InChI is InChI=1S/C12H25NO3/c1-10-4-3-5-12(15,6-10)9-13-7-11(14)8-16-2/h10-11,13-15H,3-9H2,1-2H3. The Kier molecular flexibility index (Phi) is 5.69. The van der Waals surface area contributed by atoms with Gasteiger partial charge in [0.15, 0.2) is 0 Å². The molecule has 0 saturated heterocycles. The Morgan fingerprint density at radius 2 is 2.31 bits per heavy atom. The first-order chi connectivity index (χ1) is 7.56. The number of aliphatic hydroxyl groups is 2. The molecule has 16 heavy (non-hydrogen) atoms. The van der Waals surface area contributed by atoms with E-state index in [0.717, 1.165) is 19.3 Å². The van der Waals surface area contributed by atoms with Crippen LogP contribution in [0.4, 0.5) is 0 Å². The fraction of sp³-hybridized carbons (Fsp3) is 1.00. The van der Waals surface area contributed by atoms with Crippen molar-refractivity contribution in [2.75, 3.05) is 26.8 Å². The zero-order chi connectivity index (χ0) is 12.0. The first-order valence-corrected chi connectivity index (χ1v) is 6.16. The van der Waals surface area contributed by atoms with Crippen LogP contribution in [0.15, 0.2) is 0 Å². The maximum Gasteiger partial charge on any atom is 0.0897 e. The summed E-state index contributed by atoms with van der Waals surface area (Å²) in [7, 11) is 1.57. The van der Waals surface area contributed by atoms with Crippen molar-refractivity contribution < 1.29 is 14.9 Å². The first-order valence-electron chi connectivity index (χ1n) is 6.16. The number of hydrogen-bond acceptors (Lipinski definition) is 4. The van der Waals surface area contributed by atoms with Gasteiger partial charge in [-0.25, -0.2) is 0 Å². The van der Waals surface area contributed by atoms with Crippen LogP contribution < -0.4 is 5.32 Å². The van der Waals surface area contributed by atoms with Gasteiger partial charge in [-0.1, -0.05) is 19.8 Å². The summed E-state index contributed by atoms with van der Waals surface area (Å²) in [4.78, 5) is 0. The van der Waals surface area contributed by atoms with Gasteiger partial charge < -0.3 is 20.3 Å². The predicted octanol–water partition coefficient (Wildman–Crippen LogP) is 0.524. The molecule has 4 heteroatoms. The van der Waals surface area contributed by atoms with Crippen molar-refractivity contribution in [2.24, 2.45) is 5.92 Å². The van der Waals surface area contributed by atoms with Crippen LogP contribution >= 0.6 is 0 Å². The van der Waals surface area contributed by atoms with Gasteiger partial charge in [0.1, 0.15) is 0 Å². The van der Waals surface area contributed by atoms with Crippen molar-refractivity contribution in [3.63, 3.8) is 0 Å². The summed E-state index contributed by atoms with van der Waals surface area (Å²) in [6, 6.07) is 0. The average molecular weight is 231 g/mol. The molecule has 96 valence electrons. The lowest BCUT2D eigenvalue weighted by Gasteiger charge is -2.36. The van der Waals surface area contributed by atoms with Crippen molar-refractivity contribution >= 4 is 0 Å². The third-order valence-electron chi connectivity index (χ3n) is 3.26. The Balaban J connectivity index is 2.20. The fourth-order valence-electron chi connectivity index (χ4n) is 2.52. The molecule has 0 aromatic carbocycles. The highest BCUT2D eigenvalue weighted by Gasteiger charge is 2.32. The normalized spacial score (nSPS) is 32.6. The highest BCUT2D eigenvalue weighted by atomic mass is 16.5. The highest BCUT2D eigenvalue weighted by Crippen LogP contribution is 2.31. The number of methoxy groups -OCH3 is 1. The number of nitrogens with one attached hydrogen (secondary N) is 1. The van der Waals surface area contributed by atoms with E-state index in [1.165, 1.54) is 6.42 Å². The van der Waals surface area contributed by atoms with Crippen LogP contribution in [-0.4, -0.2) is 48.7 Å². The minimum atomic E-state index is -0.579. The van der Waals surface area contributed by atoms with E-state index in [1.807, 2.05) is 0 Å². The van der Waals surface area contributed by atoms with Gasteiger partial charge in [0.25, 0.3) is 0 Å². The average Bonchev–Trinajstić information content (AvgIpc) is 2.17. The summed E-state index contributed by atoms with van der Waals surface area (Å²) in [5.74, 6) is 0.601. The summed E-state index contributed by atoms with van der Waals surface area (Å²) >= 11 is 0. The summed E-state index contributed by atoms with van der Waals surface area (Å²) < 4.78 is 4.84. The number of rotatable bonds is 6. The predicted molar refractivity (Wildman–Crippen MR) is 63.3 cm³/mol. The molecule has 0 radical (unpaired) electrons. The van der Waals surface area contributed by atoms with Gasteiger partial charge in [-0.05, 0) is 18.8 Å². The van der Waals surface area contributed by atoms with Gasteiger partial charge in [-0.3, -0.25) is 0 Å². The number of ether oxygens (including phenoxy) is 1. The van der Waals surface area contributed by atoms with Crippen LogP contribution in [-0.2, 0) is 4.74 Å². The van der Waals surface area contributed by atoms with Gasteiger partial charge >= 0.3 is 0 Å². The minimum Gasteiger partial charge on any atom is -0.389 e. The molecule has 0 spiro atoms. The number of hydrogen-bond donors (Lipinski definition) is 3. The molecular weight excluding hydrogens is 206 g/mol. The van der Waals surface area contributed by atoms with Crippen LogP contribution in [0.3, 0.4) is 0 Å². The quantitative estimate of drug-likeness (QED) is 0.624. The highest BCUT2D eigenvalue weighted by molar-refractivity contribution is 4.87. The second kappa shape index (κ2) is 6.55. The summed E-state index contributed by atoms with van der Waals surface area (Å²) in [6.45, 7) is 3.56. The summed E-state index contributed by atoms with van der Waals surface area (Å²) in [6.07, 6.45) is 3.55. The van der Waals surface area contributed by atoms with E-state index in [2.05, 4.69) is 12.2 Å². The minimum absolute atomic E-state index is 0.335.